The van der Waals surface area contributed by atoms with Crippen LogP contribution in [0, 0.1) is 13.8 Å². The summed E-state index contributed by atoms with van der Waals surface area (Å²) >= 11 is 1.52. The van der Waals surface area contributed by atoms with Gasteiger partial charge in [0.2, 0.25) is 5.91 Å². The number of hydrogen-bond acceptors (Lipinski definition) is 4. The van der Waals surface area contributed by atoms with Gasteiger partial charge >= 0.3 is 0 Å². The molecule has 0 aliphatic carbocycles. The number of hydrogen-bond donors (Lipinski definition) is 1. The van der Waals surface area contributed by atoms with Crippen molar-refractivity contribution in [1.29, 1.82) is 0 Å². The summed E-state index contributed by atoms with van der Waals surface area (Å²) in [5.74, 6) is -0.233. The van der Waals surface area contributed by atoms with E-state index in [2.05, 4.69) is 10.3 Å². The second-order valence-electron chi connectivity index (χ2n) is 6.15. The van der Waals surface area contributed by atoms with Gasteiger partial charge in [0.25, 0.3) is 5.56 Å². The lowest BCUT2D eigenvalue weighted by molar-refractivity contribution is -0.118. The molecule has 1 N–H and O–H groups in total. The molecule has 2 aromatic heterocycles. The first-order chi connectivity index (χ1) is 11.9. The summed E-state index contributed by atoms with van der Waals surface area (Å²) in [5, 5.41) is 3.50. The van der Waals surface area contributed by atoms with Crippen LogP contribution in [0.2, 0.25) is 0 Å². The smallest absolute Gasteiger partial charge is 0.262 e. The first-order valence-corrected chi connectivity index (χ1v) is 9.10. The van der Waals surface area contributed by atoms with Crippen molar-refractivity contribution in [1.82, 2.24) is 9.55 Å². The molecular formula is C19H21N3O2S. The van der Waals surface area contributed by atoms with Crippen LogP contribution in [0.15, 0.2) is 35.4 Å². The average molecular weight is 355 g/mol. The summed E-state index contributed by atoms with van der Waals surface area (Å²) in [6.07, 6.45) is 2.33. The van der Waals surface area contributed by atoms with E-state index < -0.39 is 6.04 Å². The van der Waals surface area contributed by atoms with Gasteiger partial charge in [-0.3, -0.25) is 14.2 Å². The Hall–Kier alpha value is -2.47. The van der Waals surface area contributed by atoms with Gasteiger partial charge in [-0.15, -0.1) is 11.3 Å². The number of nitrogens with zero attached hydrogens (tertiary/aromatic N) is 2. The topological polar surface area (TPSA) is 64.0 Å². The molecule has 3 aromatic rings. The Morgan fingerprint density at radius 2 is 2.12 bits per heavy atom. The predicted molar refractivity (Wildman–Crippen MR) is 103 cm³/mol. The number of anilines is 1. The molecule has 0 saturated carbocycles. The van der Waals surface area contributed by atoms with Crippen molar-refractivity contribution >= 4 is 33.1 Å². The molecular weight excluding hydrogens is 334 g/mol. The van der Waals surface area contributed by atoms with Crippen LogP contribution < -0.4 is 10.9 Å². The Kier molecular flexibility index (Phi) is 4.72. The highest BCUT2D eigenvalue weighted by atomic mass is 32.1. The van der Waals surface area contributed by atoms with Crippen LogP contribution in [0.25, 0.3) is 10.2 Å². The number of nitrogens with one attached hydrogen (secondary N) is 1. The number of rotatable bonds is 4. The van der Waals surface area contributed by atoms with Crippen molar-refractivity contribution in [2.24, 2.45) is 0 Å². The maximum atomic E-state index is 12.7. The fourth-order valence-electron chi connectivity index (χ4n) is 2.69. The number of carbonyl (C=O) groups excluding carboxylic acids is 1. The van der Waals surface area contributed by atoms with Crippen molar-refractivity contribution in [2.45, 2.75) is 40.2 Å². The normalized spacial score (nSPS) is 12.3. The predicted octanol–water partition coefficient (Wildman–Crippen LogP) is 3.84. The molecule has 1 atom stereocenters. The van der Waals surface area contributed by atoms with Gasteiger partial charge in [0.15, 0.2) is 0 Å². The second-order valence-corrected chi connectivity index (χ2v) is 7.27. The summed E-state index contributed by atoms with van der Waals surface area (Å²) in [6.45, 7) is 7.72. The molecule has 1 unspecified atom stereocenters. The van der Waals surface area contributed by atoms with Crippen LogP contribution >= 0.6 is 11.3 Å². The number of amides is 1. The highest BCUT2D eigenvalue weighted by Crippen LogP contribution is 2.22. The Morgan fingerprint density at radius 3 is 2.84 bits per heavy atom. The molecule has 0 fully saturated rings. The third kappa shape index (κ3) is 3.22. The van der Waals surface area contributed by atoms with Gasteiger partial charge in [-0.25, -0.2) is 4.98 Å². The number of benzene rings is 1. The zero-order valence-electron chi connectivity index (χ0n) is 14.8. The molecule has 25 heavy (non-hydrogen) atoms. The lowest BCUT2D eigenvalue weighted by Crippen LogP contribution is -2.31. The lowest BCUT2D eigenvalue weighted by atomic mass is 10.1. The molecule has 3 rings (SSSR count). The van der Waals surface area contributed by atoms with E-state index in [0.29, 0.717) is 5.39 Å². The van der Waals surface area contributed by atoms with E-state index >= 15 is 0 Å². The van der Waals surface area contributed by atoms with Gasteiger partial charge in [-0.1, -0.05) is 19.1 Å². The van der Waals surface area contributed by atoms with Crippen molar-refractivity contribution < 1.29 is 4.79 Å². The molecule has 0 aliphatic rings. The highest BCUT2D eigenvalue weighted by molar-refractivity contribution is 7.18. The number of fused-ring (bicyclic) bond motifs is 1. The quantitative estimate of drug-likeness (QED) is 0.773. The highest BCUT2D eigenvalue weighted by Gasteiger charge is 2.19. The first kappa shape index (κ1) is 17.4. The summed E-state index contributed by atoms with van der Waals surface area (Å²) < 4.78 is 1.40. The van der Waals surface area contributed by atoms with Crippen molar-refractivity contribution in [3.8, 4) is 0 Å². The van der Waals surface area contributed by atoms with E-state index in [4.69, 9.17) is 0 Å². The zero-order valence-corrected chi connectivity index (χ0v) is 15.6. The maximum absolute atomic E-state index is 12.7. The van der Waals surface area contributed by atoms with Crippen molar-refractivity contribution in [3.63, 3.8) is 0 Å². The second kappa shape index (κ2) is 6.80. The molecule has 2 heterocycles. The molecule has 1 amide bonds. The molecule has 0 bridgehead atoms. The minimum atomic E-state index is -0.644. The van der Waals surface area contributed by atoms with Crippen molar-refractivity contribution in [3.05, 3.63) is 57.0 Å². The summed E-state index contributed by atoms with van der Waals surface area (Å²) in [7, 11) is 0. The van der Waals surface area contributed by atoms with Crippen LogP contribution in [0.4, 0.5) is 5.69 Å². The van der Waals surface area contributed by atoms with E-state index in [1.807, 2.05) is 45.0 Å². The molecule has 0 radical (unpaired) electrons. The van der Waals surface area contributed by atoms with Gasteiger partial charge in [0.1, 0.15) is 10.9 Å². The zero-order chi connectivity index (χ0) is 18.1. The third-order valence-electron chi connectivity index (χ3n) is 4.54. The Bertz CT molecular complexity index is 1000. The van der Waals surface area contributed by atoms with Crippen LogP contribution in [0.1, 0.15) is 35.9 Å². The summed E-state index contributed by atoms with van der Waals surface area (Å²) in [6, 6.07) is 7.00. The Balaban J connectivity index is 1.92. The van der Waals surface area contributed by atoms with Crippen LogP contribution in [-0.2, 0) is 11.2 Å². The van der Waals surface area contributed by atoms with Gasteiger partial charge in [0, 0.05) is 10.6 Å². The maximum Gasteiger partial charge on any atom is 0.262 e. The summed E-state index contributed by atoms with van der Waals surface area (Å²) in [5.41, 5.74) is 2.72. The standard InChI is InChI=1S/C19H21N3O2S/c1-5-14-9-15-18(25-14)20-10-22(19(15)24)13(4)17(23)21-16-8-6-7-11(2)12(16)3/h6-10,13H,5H2,1-4H3,(H,21,23). The minimum Gasteiger partial charge on any atom is -0.324 e. The monoisotopic (exact) mass is 355 g/mol. The van der Waals surface area contributed by atoms with Gasteiger partial charge in [-0.05, 0) is 50.5 Å². The fraction of sp³-hybridized carbons (Fsp3) is 0.316. The van der Waals surface area contributed by atoms with E-state index in [-0.39, 0.29) is 11.5 Å². The number of aryl methyl sites for hydroxylation is 2. The van der Waals surface area contributed by atoms with E-state index in [0.717, 1.165) is 32.9 Å². The van der Waals surface area contributed by atoms with Crippen LogP contribution in [-0.4, -0.2) is 15.5 Å². The lowest BCUT2D eigenvalue weighted by Gasteiger charge is -2.16. The van der Waals surface area contributed by atoms with Crippen LogP contribution in [0.5, 0.6) is 0 Å². The summed E-state index contributed by atoms with van der Waals surface area (Å²) in [4.78, 5) is 31.5. The Morgan fingerprint density at radius 1 is 1.36 bits per heavy atom. The number of thiophene rings is 1. The molecule has 5 nitrogen and oxygen atoms in total. The number of aromatic nitrogens is 2. The average Bonchev–Trinajstić information content (AvgIpc) is 3.03. The number of carbonyl (C=O) groups is 1. The fourth-order valence-corrected chi connectivity index (χ4v) is 3.61. The van der Waals surface area contributed by atoms with Gasteiger partial charge in [0.05, 0.1) is 11.7 Å². The third-order valence-corrected chi connectivity index (χ3v) is 5.72. The largest absolute Gasteiger partial charge is 0.324 e. The molecule has 0 spiro atoms. The van der Waals surface area contributed by atoms with E-state index in [9.17, 15) is 9.59 Å². The Labute approximate surface area is 150 Å². The molecule has 1 aromatic carbocycles. The van der Waals surface area contributed by atoms with Crippen molar-refractivity contribution in [2.75, 3.05) is 5.32 Å². The molecule has 0 saturated heterocycles. The van der Waals surface area contributed by atoms with Gasteiger partial charge in [-0.2, -0.15) is 0 Å². The molecule has 130 valence electrons. The molecule has 0 aliphatic heterocycles. The van der Waals surface area contributed by atoms with Gasteiger partial charge < -0.3 is 5.32 Å². The SMILES string of the molecule is CCc1cc2c(=O)n(C(C)C(=O)Nc3cccc(C)c3C)cnc2s1. The van der Waals surface area contributed by atoms with E-state index in [1.54, 1.807) is 6.92 Å². The molecule has 6 heteroatoms. The van der Waals surface area contributed by atoms with Crippen LogP contribution in [0.3, 0.4) is 0 Å². The minimum absolute atomic E-state index is 0.176. The van der Waals surface area contributed by atoms with E-state index in [1.165, 1.54) is 22.2 Å². The first-order valence-electron chi connectivity index (χ1n) is 8.29.